The largest absolute Gasteiger partial charge is 0.490 e. The van der Waals surface area contributed by atoms with Crippen LogP contribution in [0.25, 0.3) is 11.6 Å². The molecule has 2 aromatic rings. The second-order valence-electron chi connectivity index (χ2n) is 5.35. The van der Waals surface area contributed by atoms with Crippen molar-refractivity contribution in [1.29, 1.82) is 0 Å². The van der Waals surface area contributed by atoms with Crippen molar-refractivity contribution >= 4 is 23.3 Å². The zero-order valence-corrected chi connectivity index (χ0v) is 13.6. The summed E-state index contributed by atoms with van der Waals surface area (Å²) in [7, 11) is 1.34. The van der Waals surface area contributed by atoms with Crippen LogP contribution in [0.15, 0.2) is 36.4 Å². The summed E-state index contributed by atoms with van der Waals surface area (Å²) in [4.78, 5) is 22.1. The molecule has 0 saturated heterocycles. The fourth-order valence-electron chi connectivity index (χ4n) is 2.28. The van der Waals surface area contributed by atoms with Gasteiger partial charge in [0.25, 0.3) is 0 Å². The van der Waals surface area contributed by atoms with E-state index in [1.165, 1.54) is 25.3 Å². The summed E-state index contributed by atoms with van der Waals surface area (Å²) in [6, 6.07) is 9.67. The molecule has 0 bridgehead atoms. The van der Waals surface area contributed by atoms with Gasteiger partial charge in [-0.05, 0) is 48.2 Å². The van der Waals surface area contributed by atoms with Crippen molar-refractivity contribution in [3.8, 4) is 5.75 Å². The summed E-state index contributed by atoms with van der Waals surface area (Å²) in [5.41, 5.74) is 2.85. The Morgan fingerprint density at radius 2 is 1.88 bits per heavy atom. The van der Waals surface area contributed by atoms with E-state index in [0.717, 1.165) is 11.1 Å². The number of carboxylic acid groups (broad SMARTS) is 1. The molecule has 24 heavy (non-hydrogen) atoms. The van der Waals surface area contributed by atoms with Gasteiger partial charge in [0.15, 0.2) is 5.75 Å². The SMILES string of the molecule is COc1ccc(/C=C(\C(=O)O)c2ccc(C)c(C)c2)cc1[N+](=O)[O-]. The highest BCUT2D eigenvalue weighted by atomic mass is 16.6. The minimum Gasteiger partial charge on any atom is -0.490 e. The van der Waals surface area contributed by atoms with Gasteiger partial charge in [0.1, 0.15) is 0 Å². The number of hydrogen-bond donors (Lipinski definition) is 1. The maximum Gasteiger partial charge on any atom is 0.336 e. The van der Waals surface area contributed by atoms with Gasteiger partial charge in [-0.25, -0.2) is 4.79 Å². The van der Waals surface area contributed by atoms with Crippen LogP contribution in [0.2, 0.25) is 0 Å². The van der Waals surface area contributed by atoms with Crippen LogP contribution in [0, 0.1) is 24.0 Å². The molecular formula is C18H17NO5. The molecule has 0 aliphatic carbocycles. The van der Waals surface area contributed by atoms with Crippen LogP contribution < -0.4 is 4.74 Å². The molecule has 2 aromatic carbocycles. The number of hydrogen-bond acceptors (Lipinski definition) is 4. The van der Waals surface area contributed by atoms with Crippen molar-refractivity contribution in [2.75, 3.05) is 7.11 Å². The third-order valence-corrected chi connectivity index (χ3v) is 3.76. The zero-order valence-electron chi connectivity index (χ0n) is 13.6. The van der Waals surface area contributed by atoms with Gasteiger partial charge in [0.2, 0.25) is 0 Å². The van der Waals surface area contributed by atoms with E-state index >= 15 is 0 Å². The Labute approximate surface area is 139 Å². The molecule has 6 nitrogen and oxygen atoms in total. The van der Waals surface area contributed by atoms with E-state index in [-0.39, 0.29) is 17.0 Å². The van der Waals surface area contributed by atoms with Crippen LogP contribution in [0.4, 0.5) is 5.69 Å². The summed E-state index contributed by atoms with van der Waals surface area (Å²) in [6.45, 7) is 3.84. The summed E-state index contributed by atoms with van der Waals surface area (Å²) in [6.07, 6.45) is 1.42. The highest BCUT2D eigenvalue weighted by Crippen LogP contribution is 2.29. The van der Waals surface area contributed by atoms with Crippen LogP contribution >= 0.6 is 0 Å². The molecule has 0 heterocycles. The number of carbonyl (C=O) groups is 1. The van der Waals surface area contributed by atoms with Crippen molar-refractivity contribution in [2.24, 2.45) is 0 Å². The lowest BCUT2D eigenvalue weighted by molar-refractivity contribution is -0.385. The maximum absolute atomic E-state index is 11.6. The monoisotopic (exact) mass is 327 g/mol. The topological polar surface area (TPSA) is 89.7 Å². The van der Waals surface area contributed by atoms with E-state index in [1.54, 1.807) is 18.2 Å². The van der Waals surface area contributed by atoms with Crippen LogP contribution in [0.5, 0.6) is 5.75 Å². The molecule has 0 saturated carbocycles. The molecule has 0 aromatic heterocycles. The van der Waals surface area contributed by atoms with Crippen molar-refractivity contribution in [1.82, 2.24) is 0 Å². The Kier molecular flexibility index (Phi) is 4.99. The fourth-order valence-corrected chi connectivity index (χ4v) is 2.28. The number of nitro benzene ring substituents is 1. The number of carboxylic acids is 1. The molecule has 0 aliphatic rings. The Morgan fingerprint density at radius 3 is 2.42 bits per heavy atom. The van der Waals surface area contributed by atoms with Gasteiger partial charge in [0, 0.05) is 6.07 Å². The molecule has 1 N–H and O–H groups in total. The lowest BCUT2D eigenvalue weighted by atomic mass is 9.98. The molecule has 124 valence electrons. The number of benzene rings is 2. The quantitative estimate of drug-likeness (QED) is 0.390. The van der Waals surface area contributed by atoms with Crippen LogP contribution in [-0.2, 0) is 4.79 Å². The molecule has 0 amide bonds. The standard InChI is InChI=1S/C18H17NO5/c1-11-4-6-14(8-12(11)2)15(18(20)21)9-13-5-7-17(24-3)16(10-13)19(22)23/h4-10H,1-3H3,(H,20,21)/b15-9-. The predicted molar refractivity (Wildman–Crippen MR) is 91.1 cm³/mol. The highest BCUT2D eigenvalue weighted by Gasteiger charge is 2.16. The van der Waals surface area contributed by atoms with E-state index in [0.29, 0.717) is 11.1 Å². The normalized spacial score (nSPS) is 11.2. The number of aryl methyl sites for hydroxylation is 2. The summed E-state index contributed by atoms with van der Waals surface area (Å²) in [5, 5.41) is 20.6. The van der Waals surface area contributed by atoms with E-state index in [9.17, 15) is 20.0 Å². The minimum absolute atomic E-state index is 0.0672. The van der Waals surface area contributed by atoms with Crippen molar-refractivity contribution < 1.29 is 19.6 Å². The van der Waals surface area contributed by atoms with Gasteiger partial charge in [-0.15, -0.1) is 0 Å². The lowest BCUT2D eigenvalue weighted by Crippen LogP contribution is -2.01. The van der Waals surface area contributed by atoms with E-state index in [4.69, 9.17) is 4.74 Å². The first-order valence-corrected chi connectivity index (χ1v) is 7.18. The van der Waals surface area contributed by atoms with E-state index in [2.05, 4.69) is 0 Å². The molecule has 0 radical (unpaired) electrons. The second kappa shape index (κ2) is 6.95. The highest BCUT2D eigenvalue weighted by molar-refractivity contribution is 6.20. The number of aliphatic carboxylic acids is 1. The van der Waals surface area contributed by atoms with Crippen molar-refractivity contribution in [3.63, 3.8) is 0 Å². The van der Waals surface area contributed by atoms with Crippen LogP contribution in [0.3, 0.4) is 0 Å². The van der Waals surface area contributed by atoms with Crippen molar-refractivity contribution in [3.05, 3.63) is 68.8 Å². The number of methoxy groups -OCH3 is 1. The van der Waals surface area contributed by atoms with Crippen LogP contribution in [0.1, 0.15) is 22.3 Å². The fraction of sp³-hybridized carbons (Fsp3) is 0.167. The van der Waals surface area contributed by atoms with Gasteiger partial charge >= 0.3 is 11.7 Å². The first-order chi connectivity index (χ1) is 11.3. The Balaban J connectivity index is 2.56. The molecule has 0 unspecified atom stereocenters. The smallest absolute Gasteiger partial charge is 0.336 e. The third-order valence-electron chi connectivity index (χ3n) is 3.76. The average molecular weight is 327 g/mol. The predicted octanol–water partition coefficient (Wildman–Crippen LogP) is 3.85. The first-order valence-electron chi connectivity index (χ1n) is 7.18. The molecular weight excluding hydrogens is 310 g/mol. The number of rotatable bonds is 5. The van der Waals surface area contributed by atoms with Crippen molar-refractivity contribution in [2.45, 2.75) is 13.8 Å². The van der Waals surface area contributed by atoms with Gasteiger partial charge in [-0.1, -0.05) is 24.3 Å². The molecule has 0 fully saturated rings. The van der Waals surface area contributed by atoms with Gasteiger partial charge < -0.3 is 9.84 Å². The van der Waals surface area contributed by atoms with Crippen LogP contribution in [-0.4, -0.2) is 23.1 Å². The summed E-state index contributed by atoms with van der Waals surface area (Å²) in [5.74, 6) is -0.975. The van der Waals surface area contributed by atoms with Gasteiger partial charge in [-0.3, -0.25) is 10.1 Å². The summed E-state index contributed by atoms with van der Waals surface area (Å²) >= 11 is 0. The van der Waals surface area contributed by atoms with Gasteiger partial charge in [-0.2, -0.15) is 0 Å². The molecule has 2 rings (SSSR count). The Morgan fingerprint density at radius 1 is 1.17 bits per heavy atom. The number of ether oxygens (including phenoxy) is 1. The van der Waals surface area contributed by atoms with Gasteiger partial charge in [0.05, 0.1) is 17.6 Å². The van der Waals surface area contributed by atoms with E-state index in [1.807, 2.05) is 19.9 Å². The first kappa shape index (κ1) is 17.2. The number of nitro groups is 1. The van der Waals surface area contributed by atoms with E-state index < -0.39 is 10.9 Å². The summed E-state index contributed by atoms with van der Waals surface area (Å²) < 4.78 is 4.95. The molecule has 0 spiro atoms. The maximum atomic E-state index is 11.6. The Bertz CT molecular complexity index is 839. The average Bonchev–Trinajstić information content (AvgIpc) is 2.54. The minimum atomic E-state index is -1.10. The second-order valence-corrected chi connectivity index (χ2v) is 5.35. The third kappa shape index (κ3) is 3.60. The lowest BCUT2D eigenvalue weighted by Gasteiger charge is -2.07. The molecule has 6 heteroatoms. The Hall–Kier alpha value is -3.15. The molecule has 0 aliphatic heterocycles. The zero-order chi connectivity index (χ0) is 17.9. The molecule has 0 atom stereocenters. The number of nitrogens with zero attached hydrogens (tertiary/aromatic N) is 1.